The van der Waals surface area contributed by atoms with Gasteiger partial charge in [-0.05, 0) is 32.4 Å². The van der Waals surface area contributed by atoms with Gasteiger partial charge in [0.15, 0.2) is 0 Å². The number of thioether (sulfide) groups is 1. The number of hydrogen-bond donors (Lipinski definition) is 2. The average molecular weight is 257 g/mol. The Balaban J connectivity index is 2.32. The van der Waals surface area contributed by atoms with Crippen LogP contribution in [0.4, 0.5) is 0 Å². The van der Waals surface area contributed by atoms with Gasteiger partial charge in [-0.3, -0.25) is 4.79 Å². The van der Waals surface area contributed by atoms with Crippen molar-refractivity contribution in [3.63, 3.8) is 0 Å². The van der Waals surface area contributed by atoms with E-state index in [0.717, 1.165) is 29.4 Å². The first-order valence-corrected chi connectivity index (χ1v) is 6.76. The Labute approximate surface area is 106 Å². The summed E-state index contributed by atoms with van der Waals surface area (Å²) in [5.74, 6) is 0.889. The molecule has 0 aliphatic carbocycles. The molecule has 0 aliphatic heterocycles. The minimum atomic E-state index is -0.775. The van der Waals surface area contributed by atoms with Crippen molar-refractivity contribution < 1.29 is 14.3 Å². The fourth-order valence-electron chi connectivity index (χ4n) is 1.44. The fraction of sp³-hybridized carbons (Fsp3) is 0.583. The summed E-state index contributed by atoms with van der Waals surface area (Å²) in [6, 6.07) is 1.46. The molecule has 2 N–H and O–H groups in total. The van der Waals surface area contributed by atoms with Gasteiger partial charge in [-0.1, -0.05) is 6.92 Å². The zero-order valence-corrected chi connectivity index (χ0v) is 11.0. The molecule has 0 spiro atoms. The second-order valence-electron chi connectivity index (χ2n) is 3.82. The zero-order valence-electron chi connectivity index (χ0n) is 10.2. The standard InChI is InChI=1S/C12H19NO3S/c1-3-6-13-10(12(14)15)5-8-17-11-4-7-16-9(11)2/h4,7,10,13H,3,5-6,8H2,1-2H3,(H,14,15). The van der Waals surface area contributed by atoms with Gasteiger partial charge in [-0.25, -0.2) is 0 Å². The third kappa shape index (κ3) is 4.83. The summed E-state index contributed by atoms with van der Waals surface area (Å²) >= 11 is 1.64. The van der Waals surface area contributed by atoms with Crippen molar-refractivity contribution in [2.24, 2.45) is 0 Å². The van der Waals surface area contributed by atoms with Crippen LogP contribution in [0.2, 0.25) is 0 Å². The third-order valence-electron chi connectivity index (χ3n) is 2.41. The minimum Gasteiger partial charge on any atom is -0.480 e. The lowest BCUT2D eigenvalue weighted by molar-refractivity contribution is -0.139. The fourth-order valence-corrected chi connectivity index (χ4v) is 2.42. The number of carboxylic acid groups (broad SMARTS) is 1. The van der Waals surface area contributed by atoms with Gasteiger partial charge in [-0.2, -0.15) is 0 Å². The average Bonchev–Trinajstić information content (AvgIpc) is 2.69. The molecule has 0 bridgehead atoms. The van der Waals surface area contributed by atoms with Crippen LogP contribution < -0.4 is 5.32 Å². The lowest BCUT2D eigenvalue weighted by atomic mass is 10.2. The third-order valence-corrected chi connectivity index (χ3v) is 3.59. The van der Waals surface area contributed by atoms with Crippen molar-refractivity contribution in [2.75, 3.05) is 12.3 Å². The molecule has 96 valence electrons. The molecule has 1 rings (SSSR count). The SMILES string of the molecule is CCCNC(CCSc1ccoc1C)C(=O)O. The lowest BCUT2D eigenvalue weighted by Crippen LogP contribution is -2.37. The van der Waals surface area contributed by atoms with Crippen LogP contribution in [0.3, 0.4) is 0 Å². The number of carboxylic acids is 1. The summed E-state index contributed by atoms with van der Waals surface area (Å²) in [5.41, 5.74) is 0. The number of carbonyl (C=O) groups is 1. The molecular formula is C12H19NO3S. The Hall–Kier alpha value is -0.940. The Morgan fingerprint density at radius 2 is 2.41 bits per heavy atom. The highest BCUT2D eigenvalue weighted by molar-refractivity contribution is 7.99. The molecule has 0 aliphatic rings. The van der Waals surface area contributed by atoms with Crippen molar-refractivity contribution in [2.45, 2.75) is 37.6 Å². The predicted molar refractivity (Wildman–Crippen MR) is 68.5 cm³/mol. The first kappa shape index (κ1) is 14.1. The molecule has 0 fully saturated rings. The van der Waals surface area contributed by atoms with E-state index in [1.165, 1.54) is 0 Å². The van der Waals surface area contributed by atoms with Crippen molar-refractivity contribution in [3.05, 3.63) is 18.1 Å². The maximum absolute atomic E-state index is 11.0. The molecule has 0 amide bonds. The number of rotatable bonds is 8. The van der Waals surface area contributed by atoms with Gasteiger partial charge < -0.3 is 14.8 Å². The molecule has 0 radical (unpaired) electrons. The molecule has 1 aromatic heterocycles. The predicted octanol–water partition coefficient (Wildman–Crippen LogP) is 2.52. The summed E-state index contributed by atoms with van der Waals surface area (Å²) < 4.78 is 5.18. The molecule has 0 saturated heterocycles. The highest BCUT2D eigenvalue weighted by atomic mass is 32.2. The van der Waals surface area contributed by atoms with Crippen molar-refractivity contribution in [3.8, 4) is 0 Å². The number of furan rings is 1. The summed E-state index contributed by atoms with van der Waals surface area (Å²) in [4.78, 5) is 12.1. The van der Waals surface area contributed by atoms with E-state index >= 15 is 0 Å². The van der Waals surface area contributed by atoms with Crippen LogP contribution in [0, 0.1) is 6.92 Å². The molecule has 0 aromatic carbocycles. The van der Waals surface area contributed by atoms with Gasteiger partial charge in [0.25, 0.3) is 0 Å². The highest BCUT2D eigenvalue weighted by Gasteiger charge is 2.16. The maximum Gasteiger partial charge on any atom is 0.320 e. The van der Waals surface area contributed by atoms with E-state index in [2.05, 4.69) is 5.32 Å². The molecule has 4 nitrogen and oxygen atoms in total. The Bertz CT molecular complexity index is 351. The van der Waals surface area contributed by atoms with Gasteiger partial charge in [0.2, 0.25) is 0 Å². The van der Waals surface area contributed by atoms with Gasteiger partial charge in [0, 0.05) is 10.6 Å². The first-order chi connectivity index (χ1) is 8.15. The quantitative estimate of drug-likeness (QED) is 0.701. The van der Waals surface area contributed by atoms with Crippen LogP contribution in [0.15, 0.2) is 21.6 Å². The van der Waals surface area contributed by atoms with Gasteiger partial charge in [0.05, 0.1) is 6.26 Å². The Morgan fingerprint density at radius 3 is 2.94 bits per heavy atom. The number of aryl methyl sites for hydroxylation is 1. The first-order valence-electron chi connectivity index (χ1n) is 5.78. The van der Waals surface area contributed by atoms with Gasteiger partial charge in [0.1, 0.15) is 11.8 Å². The van der Waals surface area contributed by atoms with E-state index in [4.69, 9.17) is 9.52 Å². The second kappa shape index (κ2) is 7.40. The van der Waals surface area contributed by atoms with Crippen LogP contribution >= 0.6 is 11.8 Å². The molecule has 1 unspecified atom stereocenters. The van der Waals surface area contributed by atoms with E-state index in [-0.39, 0.29) is 0 Å². The molecule has 5 heteroatoms. The second-order valence-corrected chi connectivity index (χ2v) is 4.96. The van der Waals surface area contributed by atoms with E-state index < -0.39 is 12.0 Å². The topological polar surface area (TPSA) is 62.5 Å². The van der Waals surface area contributed by atoms with E-state index in [1.807, 2.05) is 19.9 Å². The van der Waals surface area contributed by atoms with E-state index in [0.29, 0.717) is 6.42 Å². The van der Waals surface area contributed by atoms with E-state index in [9.17, 15) is 4.79 Å². The molecule has 17 heavy (non-hydrogen) atoms. The summed E-state index contributed by atoms with van der Waals surface area (Å²) in [6.45, 7) is 4.67. The van der Waals surface area contributed by atoms with Crippen LogP contribution in [0.5, 0.6) is 0 Å². The summed E-state index contributed by atoms with van der Waals surface area (Å²) in [6.07, 6.45) is 3.21. The van der Waals surface area contributed by atoms with Crippen molar-refractivity contribution in [1.82, 2.24) is 5.32 Å². The molecular weight excluding hydrogens is 238 g/mol. The van der Waals surface area contributed by atoms with Crippen LogP contribution in [-0.2, 0) is 4.79 Å². The van der Waals surface area contributed by atoms with Crippen molar-refractivity contribution >= 4 is 17.7 Å². The molecule has 0 saturated carbocycles. The molecule has 1 heterocycles. The number of hydrogen-bond acceptors (Lipinski definition) is 4. The lowest BCUT2D eigenvalue weighted by Gasteiger charge is -2.13. The van der Waals surface area contributed by atoms with Gasteiger partial charge >= 0.3 is 5.97 Å². The van der Waals surface area contributed by atoms with Crippen LogP contribution in [-0.4, -0.2) is 29.4 Å². The summed E-state index contributed by atoms with van der Waals surface area (Å²) in [7, 11) is 0. The largest absolute Gasteiger partial charge is 0.480 e. The smallest absolute Gasteiger partial charge is 0.320 e. The normalized spacial score (nSPS) is 12.6. The van der Waals surface area contributed by atoms with E-state index in [1.54, 1.807) is 18.0 Å². The maximum atomic E-state index is 11.0. The van der Waals surface area contributed by atoms with Gasteiger partial charge in [-0.15, -0.1) is 11.8 Å². The molecule has 1 atom stereocenters. The van der Waals surface area contributed by atoms with Crippen LogP contribution in [0.1, 0.15) is 25.5 Å². The van der Waals surface area contributed by atoms with Crippen LogP contribution in [0.25, 0.3) is 0 Å². The molecule has 1 aromatic rings. The summed E-state index contributed by atoms with van der Waals surface area (Å²) in [5, 5.41) is 12.0. The number of nitrogens with one attached hydrogen (secondary N) is 1. The number of aliphatic carboxylic acids is 1. The Kier molecular flexibility index (Phi) is 6.15. The zero-order chi connectivity index (χ0) is 12.7. The van der Waals surface area contributed by atoms with Crippen molar-refractivity contribution in [1.29, 1.82) is 0 Å². The highest BCUT2D eigenvalue weighted by Crippen LogP contribution is 2.23. The Morgan fingerprint density at radius 1 is 1.65 bits per heavy atom. The monoisotopic (exact) mass is 257 g/mol. The minimum absolute atomic E-state index is 0.449.